The van der Waals surface area contributed by atoms with Gasteiger partial charge >= 0.3 is 29.7 Å². The number of carbonyl (C=O) groups excluding carboxylic acids is 1. The number of hydrogen-bond donors (Lipinski definition) is 0. The van der Waals surface area contributed by atoms with Crippen LogP contribution in [0.2, 0.25) is 0 Å². The molecule has 0 unspecified atom stereocenters. The van der Waals surface area contributed by atoms with E-state index in [0.717, 1.165) is 6.92 Å². The van der Waals surface area contributed by atoms with E-state index in [0.29, 0.717) is 0 Å². The molecule has 12 heteroatoms. The molecule has 0 saturated carbocycles. The van der Waals surface area contributed by atoms with Crippen molar-refractivity contribution in [2.24, 2.45) is 0 Å². The van der Waals surface area contributed by atoms with Crippen molar-refractivity contribution in [2.45, 2.75) is 30.6 Å². The van der Waals surface area contributed by atoms with Crippen molar-refractivity contribution in [2.75, 3.05) is 13.2 Å². The first-order chi connectivity index (χ1) is 9.71. The molecule has 22 heavy (non-hydrogen) atoms. The minimum Gasteiger partial charge on any atom is -0.485 e. The third kappa shape index (κ3) is 2.37. The van der Waals surface area contributed by atoms with E-state index in [1.165, 1.54) is 0 Å². The highest BCUT2D eigenvalue weighted by atomic mass is 19.4. The molecule has 0 fully saturated rings. The second-order valence-corrected chi connectivity index (χ2v) is 4.13. The molecule has 3 nitrogen and oxygen atoms in total. The smallest absolute Gasteiger partial charge is 0.386 e. The molecular formula is C10H7F9O3. The van der Waals surface area contributed by atoms with Gasteiger partial charge in [0.05, 0.1) is 0 Å². The molecule has 0 atom stereocenters. The van der Waals surface area contributed by atoms with E-state index in [1.54, 1.807) is 0 Å². The lowest BCUT2D eigenvalue weighted by molar-refractivity contribution is -0.371. The molecule has 0 radical (unpaired) electrons. The van der Waals surface area contributed by atoms with E-state index < -0.39 is 54.5 Å². The lowest BCUT2D eigenvalue weighted by atomic mass is 9.89. The number of hydrogen-bond acceptors (Lipinski definition) is 3. The molecule has 0 aromatic rings. The van der Waals surface area contributed by atoms with Crippen LogP contribution < -0.4 is 0 Å². The van der Waals surface area contributed by atoms with Gasteiger partial charge in [0.15, 0.2) is 0 Å². The zero-order chi connectivity index (χ0) is 17.6. The number of allylic oxidation sites excluding steroid dienone is 2. The summed E-state index contributed by atoms with van der Waals surface area (Å²) in [7, 11) is 0. The summed E-state index contributed by atoms with van der Waals surface area (Å²) in [6, 6.07) is 0. The SMILES string of the molecule is CC(=O)OCCOC1=C(F)C(F)(F)C(F)(F)C(F)(F)C1(F)F. The zero-order valence-corrected chi connectivity index (χ0v) is 10.5. The minimum absolute atomic E-state index is 0.859. The van der Waals surface area contributed by atoms with Crippen LogP contribution in [0.5, 0.6) is 0 Å². The molecular weight excluding hydrogens is 339 g/mol. The third-order valence-corrected chi connectivity index (χ3v) is 2.58. The second-order valence-electron chi connectivity index (χ2n) is 4.13. The van der Waals surface area contributed by atoms with Crippen LogP contribution in [0.1, 0.15) is 6.92 Å². The van der Waals surface area contributed by atoms with Gasteiger partial charge in [-0.15, -0.1) is 0 Å². The second kappa shape index (κ2) is 5.23. The first-order valence-corrected chi connectivity index (χ1v) is 5.39. The van der Waals surface area contributed by atoms with Crippen molar-refractivity contribution in [1.82, 2.24) is 0 Å². The molecule has 0 saturated heterocycles. The number of halogens is 9. The Hall–Kier alpha value is -1.62. The molecule has 0 aliphatic heterocycles. The molecule has 128 valence electrons. The maximum Gasteiger partial charge on any atom is 0.386 e. The van der Waals surface area contributed by atoms with Crippen molar-refractivity contribution in [3.63, 3.8) is 0 Å². The highest BCUT2D eigenvalue weighted by Gasteiger charge is 2.87. The van der Waals surface area contributed by atoms with Gasteiger partial charge in [0, 0.05) is 6.92 Å². The molecule has 1 aliphatic carbocycles. The summed E-state index contributed by atoms with van der Waals surface area (Å²) in [5.74, 6) is -32.9. The van der Waals surface area contributed by atoms with Gasteiger partial charge in [-0.3, -0.25) is 4.79 Å². The van der Waals surface area contributed by atoms with Crippen molar-refractivity contribution in [1.29, 1.82) is 0 Å². The van der Waals surface area contributed by atoms with Gasteiger partial charge in [-0.2, -0.15) is 35.1 Å². The summed E-state index contributed by atoms with van der Waals surface area (Å²) in [6.07, 6.45) is 0. The lowest BCUT2D eigenvalue weighted by Crippen LogP contribution is -2.67. The molecule has 0 heterocycles. The van der Waals surface area contributed by atoms with Crippen molar-refractivity contribution in [3.8, 4) is 0 Å². The van der Waals surface area contributed by atoms with Gasteiger partial charge in [0.25, 0.3) is 0 Å². The monoisotopic (exact) mass is 346 g/mol. The maximum atomic E-state index is 13.2. The molecule has 0 N–H and O–H groups in total. The first-order valence-electron chi connectivity index (χ1n) is 5.39. The summed E-state index contributed by atoms with van der Waals surface area (Å²) < 4.78 is 125. The van der Waals surface area contributed by atoms with Gasteiger partial charge < -0.3 is 9.47 Å². The Morgan fingerprint density at radius 3 is 1.82 bits per heavy atom. The minimum atomic E-state index is -6.67. The maximum absolute atomic E-state index is 13.2. The largest absolute Gasteiger partial charge is 0.485 e. The van der Waals surface area contributed by atoms with Crippen LogP contribution in [0.15, 0.2) is 11.6 Å². The molecule has 0 bridgehead atoms. The average molecular weight is 346 g/mol. The van der Waals surface area contributed by atoms with Gasteiger partial charge in [-0.1, -0.05) is 0 Å². The number of carbonyl (C=O) groups is 1. The first kappa shape index (κ1) is 18.4. The molecule has 0 amide bonds. The van der Waals surface area contributed by atoms with Crippen LogP contribution >= 0.6 is 0 Å². The summed E-state index contributed by atoms with van der Waals surface area (Å²) in [4.78, 5) is 10.3. The Labute approximate surface area is 116 Å². The number of esters is 1. The van der Waals surface area contributed by atoms with E-state index in [-0.39, 0.29) is 0 Å². The summed E-state index contributed by atoms with van der Waals surface area (Å²) in [6.45, 7) is -1.25. The highest BCUT2D eigenvalue weighted by molar-refractivity contribution is 5.65. The van der Waals surface area contributed by atoms with E-state index in [2.05, 4.69) is 9.47 Å². The van der Waals surface area contributed by atoms with E-state index in [4.69, 9.17) is 0 Å². The normalized spacial score (nSPS) is 24.8. The quantitative estimate of drug-likeness (QED) is 0.445. The molecule has 0 aromatic carbocycles. The predicted octanol–water partition coefficient (Wildman–Crippen LogP) is 3.30. The number of ether oxygens (including phenoxy) is 2. The Morgan fingerprint density at radius 2 is 1.36 bits per heavy atom. The van der Waals surface area contributed by atoms with Crippen molar-refractivity contribution < 1.29 is 53.8 Å². The van der Waals surface area contributed by atoms with Crippen LogP contribution in [-0.4, -0.2) is 42.9 Å². The number of alkyl halides is 8. The zero-order valence-electron chi connectivity index (χ0n) is 10.5. The van der Waals surface area contributed by atoms with E-state index >= 15 is 0 Å². The topological polar surface area (TPSA) is 35.5 Å². The van der Waals surface area contributed by atoms with Crippen LogP contribution in [0.3, 0.4) is 0 Å². The Bertz CT molecular complexity index is 498. The van der Waals surface area contributed by atoms with Crippen LogP contribution in [-0.2, 0) is 14.3 Å². The van der Waals surface area contributed by atoms with Gasteiger partial charge in [-0.05, 0) is 0 Å². The van der Waals surface area contributed by atoms with Gasteiger partial charge in [0.1, 0.15) is 13.2 Å². The molecule has 1 aliphatic rings. The lowest BCUT2D eigenvalue weighted by Gasteiger charge is -2.41. The standard InChI is InChI=1S/C10H7F9O3/c1-4(20)21-2-3-22-6-5(11)7(12,13)9(16,17)10(18,19)8(6,14)15/h2-3H2,1H3. The molecule has 0 aromatic heterocycles. The fourth-order valence-corrected chi connectivity index (χ4v) is 1.44. The fraction of sp³-hybridized carbons (Fsp3) is 0.700. The fourth-order valence-electron chi connectivity index (χ4n) is 1.44. The molecule has 1 rings (SSSR count). The predicted molar refractivity (Wildman–Crippen MR) is 50.5 cm³/mol. The Kier molecular flexibility index (Phi) is 4.38. The van der Waals surface area contributed by atoms with Crippen LogP contribution in [0.4, 0.5) is 39.5 Å². The Balaban J connectivity index is 3.20. The summed E-state index contributed by atoms with van der Waals surface area (Å²) in [5.41, 5.74) is 0. The van der Waals surface area contributed by atoms with E-state index in [1.807, 2.05) is 0 Å². The van der Waals surface area contributed by atoms with Crippen molar-refractivity contribution in [3.05, 3.63) is 11.6 Å². The summed E-state index contributed by atoms with van der Waals surface area (Å²) >= 11 is 0. The average Bonchev–Trinajstić information content (AvgIpc) is 2.35. The third-order valence-electron chi connectivity index (χ3n) is 2.58. The Morgan fingerprint density at radius 1 is 0.909 bits per heavy atom. The highest BCUT2D eigenvalue weighted by Crippen LogP contribution is 2.62. The molecule has 0 spiro atoms. The van der Waals surface area contributed by atoms with Crippen LogP contribution in [0.25, 0.3) is 0 Å². The van der Waals surface area contributed by atoms with Gasteiger partial charge in [-0.25, -0.2) is 4.39 Å². The van der Waals surface area contributed by atoms with E-state index in [9.17, 15) is 44.3 Å². The number of rotatable bonds is 4. The summed E-state index contributed by atoms with van der Waals surface area (Å²) in [5, 5.41) is 0. The van der Waals surface area contributed by atoms with Crippen molar-refractivity contribution >= 4 is 5.97 Å². The van der Waals surface area contributed by atoms with Gasteiger partial charge in [0.2, 0.25) is 11.6 Å². The van der Waals surface area contributed by atoms with Crippen LogP contribution in [0, 0.1) is 0 Å².